The number of carbonyl (C=O) groups excluding carboxylic acids is 2. The summed E-state index contributed by atoms with van der Waals surface area (Å²) in [5.41, 5.74) is -1.21. The molecular formula is C23H32O5. The maximum atomic E-state index is 12.1. The van der Waals surface area contributed by atoms with Gasteiger partial charge in [-0.25, -0.2) is 4.79 Å². The van der Waals surface area contributed by atoms with Crippen molar-refractivity contribution in [3.05, 3.63) is 11.6 Å². The van der Waals surface area contributed by atoms with E-state index >= 15 is 0 Å². The topological polar surface area (TPSA) is 83.8 Å². The van der Waals surface area contributed by atoms with Gasteiger partial charge in [-0.3, -0.25) is 4.79 Å². The van der Waals surface area contributed by atoms with Crippen molar-refractivity contribution in [3.8, 4) is 0 Å². The second kappa shape index (κ2) is 5.69. The van der Waals surface area contributed by atoms with Gasteiger partial charge in [-0.1, -0.05) is 13.8 Å². The minimum absolute atomic E-state index is 0.147. The van der Waals surface area contributed by atoms with E-state index in [2.05, 4.69) is 13.8 Å². The average molecular weight is 389 g/mol. The minimum atomic E-state index is -0.917. The Morgan fingerprint density at radius 3 is 2.43 bits per heavy atom. The molecule has 4 aliphatic carbocycles. The quantitative estimate of drug-likeness (QED) is 0.675. The van der Waals surface area contributed by atoms with E-state index in [1.54, 1.807) is 6.08 Å². The number of ketones is 1. The third-order valence-corrected chi connectivity index (χ3v) is 9.94. The second-order valence-corrected chi connectivity index (χ2v) is 10.7. The Hall–Kier alpha value is -1.20. The summed E-state index contributed by atoms with van der Waals surface area (Å²) in [5, 5.41) is 23.5. The maximum absolute atomic E-state index is 12.1. The zero-order valence-corrected chi connectivity index (χ0v) is 17.0. The fourth-order valence-corrected chi connectivity index (χ4v) is 8.19. The van der Waals surface area contributed by atoms with Gasteiger partial charge in [0.05, 0.1) is 11.2 Å². The number of ether oxygens (including phenoxy) is 1. The van der Waals surface area contributed by atoms with Gasteiger partial charge in [0.1, 0.15) is 12.4 Å². The number of Topliss-reactive ketones (excluding diaryl/α,β-unsaturated/α-hetero) is 1. The number of fused-ring (bicyclic) bond motifs is 5. The number of hydrogen-bond donors (Lipinski definition) is 2. The summed E-state index contributed by atoms with van der Waals surface area (Å²) in [6.45, 7) is 4.74. The first-order valence-electron chi connectivity index (χ1n) is 11.0. The summed E-state index contributed by atoms with van der Waals surface area (Å²) in [5.74, 6) is 0.493. The van der Waals surface area contributed by atoms with Crippen LogP contribution in [-0.2, 0) is 14.3 Å². The van der Waals surface area contributed by atoms with Crippen LogP contribution in [0.5, 0.6) is 0 Å². The lowest BCUT2D eigenvalue weighted by atomic mass is 9.42. The van der Waals surface area contributed by atoms with Crippen LogP contribution in [0.4, 0.5) is 0 Å². The summed E-state index contributed by atoms with van der Waals surface area (Å²) in [6, 6.07) is 0. The number of cyclic esters (lactones) is 1. The van der Waals surface area contributed by atoms with Gasteiger partial charge in [0, 0.05) is 29.7 Å². The van der Waals surface area contributed by atoms with Gasteiger partial charge in [-0.15, -0.1) is 0 Å². The Morgan fingerprint density at radius 1 is 0.964 bits per heavy atom. The first-order chi connectivity index (χ1) is 13.1. The van der Waals surface area contributed by atoms with Crippen molar-refractivity contribution in [1.29, 1.82) is 0 Å². The van der Waals surface area contributed by atoms with E-state index in [0.717, 1.165) is 44.1 Å². The molecule has 0 radical (unpaired) electrons. The van der Waals surface area contributed by atoms with Gasteiger partial charge in [0.15, 0.2) is 0 Å². The summed E-state index contributed by atoms with van der Waals surface area (Å²) in [6.07, 6.45) is 8.06. The van der Waals surface area contributed by atoms with Crippen molar-refractivity contribution in [2.45, 2.75) is 82.8 Å². The SMILES string of the molecule is C[C@]12CCC(=O)C[C@@]1(O)CC[C@@H]1[C@@H]2CC[C@]2(C)[C@@H](C3=CC(=O)OC3)CC[C@]12O. The van der Waals surface area contributed by atoms with Crippen molar-refractivity contribution in [1.82, 2.24) is 0 Å². The molecule has 7 atom stereocenters. The Labute approximate surface area is 166 Å². The minimum Gasteiger partial charge on any atom is -0.458 e. The smallest absolute Gasteiger partial charge is 0.331 e. The van der Waals surface area contributed by atoms with Crippen LogP contribution >= 0.6 is 0 Å². The van der Waals surface area contributed by atoms with Gasteiger partial charge < -0.3 is 14.9 Å². The van der Waals surface area contributed by atoms with Crippen molar-refractivity contribution >= 4 is 11.8 Å². The van der Waals surface area contributed by atoms with Gasteiger partial charge >= 0.3 is 5.97 Å². The van der Waals surface area contributed by atoms with E-state index in [0.29, 0.717) is 19.4 Å². The van der Waals surface area contributed by atoms with Gasteiger partial charge in [-0.2, -0.15) is 0 Å². The first kappa shape index (κ1) is 18.8. The molecule has 1 heterocycles. The molecule has 5 rings (SSSR count). The number of aliphatic hydroxyl groups is 2. The maximum Gasteiger partial charge on any atom is 0.331 e. The average Bonchev–Trinajstić information content (AvgIpc) is 3.17. The standard InChI is InChI=1S/C23H32O5/c1-20-7-3-15(24)12-22(20,26)9-5-18-17(20)4-8-21(2)16(6-10-23(18,21)27)14-11-19(25)28-13-14/h11,16-18,26-27H,3-10,12-13H2,1-2H3/t16-,17+,18-,20-,21-,22+,23+/m1/s1. The molecule has 0 amide bonds. The van der Waals surface area contributed by atoms with Crippen LogP contribution < -0.4 is 0 Å². The molecule has 0 unspecified atom stereocenters. The van der Waals surface area contributed by atoms with Gasteiger partial charge in [0.25, 0.3) is 0 Å². The molecule has 0 spiro atoms. The molecule has 0 saturated heterocycles. The molecule has 0 bridgehead atoms. The van der Waals surface area contributed by atoms with Crippen molar-refractivity contribution in [3.63, 3.8) is 0 Å². The first-order valence-corrected chi connectivity index (χ1v) is 11.0. The van der Waals surface area contributed by atoms with Crippen LogP contribution in [0.1, 0.15) is 71.6 Å². The Kier molecular flexibility index (Phi) is 3.82. The zero-order chi connectivity index (χ0) is 19.9. The molecule has 0 aromatic heterocycles. The number of rotatable bonds is 1. The summed E-state index contributed by atoms with van der Waals surface area (Å²) < 4.78 is 5.17. The summed E-state index contributed by atoms with van der Waals surface area (Å²) >= 11 is 0. The fraction of sp³-hybridized carbons (Fsp3) is 0.826. The molecule has 1 aliphatic heterocycles. The molecule has 5 nitrogen and oxygen atoms in total. The second-order valence-electron chi connectivity index (χ2n) is 10.7. The number of esters is 1. The van der Waals surface area contributed by atoms with Gasteiger partial charge in [0.2, 0.25) is 0 Å². The number of carbonyl (C=O) groups is 2. The molecule has 0 aromatic carbocycles. The highest BCUT2D eigenvalue weighted by atomic mass is 16.5. The number of hydrogen-bond acceptors (Lipinski definition) is 5. The third-order valence-electron chi connectivity index (χ3n) is 9.94. The third kappa shape index (κ3) is 2.15. The summed E-state index contributed by atoms with van der Waals surface area (Å²) in [4.78, 5) is 23.7. The predicted molar refractivity (Wildman–Crippen MR) is 102 cm³/mol. The largest absolute Gasteiger partial charge is 0.458 e. The monoisotopic (exact) mass is 388 g/mol. The lowest BCUT2D eigenvalue weighted by Crippen LogP contribution is -2.67. The van der Waals surface area contributed by atoms with E-state index in [4.69, 9.17) is 4.74 Å². The lowest BCUT2D eigenvalue weighted by Gasteiger charge is -2.65. The van der Waals surface area contributed by atoms with Crippen molar-refractivity contribution in [2.24, 2.45) is 28.6 Å². The van der Waals surface area contributed by atoms with Crippen LogP contribution in [0.2, 0.25) is 0 Å². The molecule has 4 saturated carbocycles. The van der Waals surface area contributed by atoms with Crippen LogP contribution in [0.3, 0.4) is 0 Å². The molecule has 28 heavy (non-hydrogen) atoms. The van der Waals surface area contributed by atoms with E-state index in [-0.39, 0.29) is 46.8 Å². The Balaban J connectivity index is 1.50. The predicted octanol–water partition coefficient (Wildman–Crippen LogP) is 2.93. The molecule has 4 fully saturated rings. The molecule has 5 aliphatic rings. The van der Waals surface area contributed by atoms with Crippen LogP contribution in [0.25, 0.3) is 0 Å². The van der Waals surface area contributed by atoms with E-state index < -0.39 is 11.2 Å². The van der Waals surface area contributed by atoms with E-state index in [1.165, 1.54) is 0 Å². The molecule has 0 aromatic rings. The molecule has 5 heteroatoms. The van der Waals surface area contributed by atoms with Crippen LogP contribution in [0.15, 0.2) is 11.6 Å². The molecule has 2 N–H and O–H groups in total. The lowest BCUT2D eigenvalue weighted by molar-refractivity contribution is -0.243. The highest BCUT2D eigenvalue weighted by Crippen LogP contribution is 2.70. The van der Waals surface area contributed by atoms with Crippen LogP contribution in [-0.4, -0.2) is 39.8 Å². The van der Waals surface area contributed by atoms with Crippen molar-refractivity contribution < 1.29 is 24.5 Å². The van der Waals surface area contributed by atoms with Crippen molar-refractivity contribution in [2.75, 3.05) is 6.61 Å². The highest BCUT2D eigenvalue weighted by Gasteiger charge is 2.70. The van der Waals surface area contributed by atoms with E-state index in [1.807, 2.05) is 0 Å². The van der Waals surface area contributed by atoms with Crippen LogP contribution in [0, 0.1) is 28.6 Å². The summed E-state index contributed by atoms with van der Waals surface area (Å²) in [7, 11) is 0. The fourth-order valence-electron chi connectivity index (χ4n) is 8.19. The van der Waals surface area contributed by atoms with E-state index in [9.17, 15) is 19.8 Å². The van der Waals surface area contributed by atoms with Gasteiger partial charge in [-0.05, 0) is 68.3 Å². The Morgan fingerprint density at radius 2 is 1.71 bits per heavy atom. The molecule has 154 valence electrons. The molecular weight excluding hydrogens is 356 g/mol. The zero-order valence-electron chi connectivity index (χ0n) is 17.0. The highest BCUT2D eigenvalue weighted by molar-refractivity contribution is 5.85. The Bertz CT molecular complexity index is 773. The normalized spacial score (nSPS) is 53.1.